The number of nitrogens with zero attached hydrogens (tertiary/aromatic N) is 1. The van der Waals surface area contributed by atoms with E-state index in [0.29, 0.717) is 13.0 Å². The summed E-state index contributed by atoms with van der Waals surface area (Å²) in [7, 11) is 0. The molecule has 1 aromatic heterocycles. The van der Waals surface area contributed by atoms with Gasteiger partial charge in [-0.1, -0.05) is 72.8 Å². The summed E-state index contributed by atoms with van der Waals surface area (Å²) in [6.45, 7) is 0.0617. The number of fused-ring (bicyclic) bond motifs is 7. The maximum Gasteiger partial charge on any atom is 0.139 e. The lowest BCUT2D eigenvalue weighted by Crippen LogP contribution is -2.15. The van der Waals surface area contributed by atoms with E-state index in [9.17, 15) is 5.11 Å². The Morgan fingerprint density at radius 1 is 0.735 bits per heavy atom. The van der Waals surface area contributed by atoms with Crippen molar-refractivity contribution >= 4 is 43.4 Å². The molecule has 6 rings (SSSR count). The summed E-state index contributed by atoms with van der Waals surface area (Å²) in [4.78, 5) is 8.69. The Kier molecular flexibility index (Phi) is 5.13. The summed E-state index contributed by atoms with van der Waals surface area (Å²) < 4.78 is 5.96. The summed E-state index contributed by atoms with van der Waals surface area (Å²) in [5.41, 5.74) is 3.00. The maximum absolute atomic E-state index is 9.62. The minimum Gasteiger partial charge on any atom is -0.493 e. The molecule has 0 fully saturated rings. The van der Waals surface area contributed by atoms with Gasteiger partial charge < -0.3 is 19.9 Å². The monoisotopic (exact) mass is 448 g/mol. The Balaban J connectivity index is 1.52. The van der Waals surface area contributed by atoms with E-state index in [0.717, 1.165) is 49.7 Å². The van der Waals surface area contributed by atoms with Gasteiger partial charge >= 0.3 is 0 Å². The van der Waals surface area contributed by atoms with Crippen LogP contribution in [0.2, 0.25) is 0 Å². The van der Waals surface area contributed by atoms with Crippen LogP contribution in [0.1, 0.15) is 6.42 Å². The van der Waals surface area contributed by atoms with Gasteiger partial charge in [-0.05, 0) is 28.3 Å². The van der Waals surface area contributed by atoms with Crippen molar-refractivity contribution in [3.63, 3.8) is 0 Å². The number of imidazole rings is 1. The summed E-state index contributed by atoms with van der Waals surface area (Å²) in [5.74, 6) is 1.56. The first-order valence-corrected chi connectivity index (χ1v) is 11.5. The van der Waals surface area contributed by atoms with Crippen molar-refractivity contribution in [3.05, 3.63) is 84.9 Å². The highest BCUT2D eigenvalue weighted by atomic mass is 16.5. The van der Waals surface area contributed by atoms with Crippen LogP contribution < -0.4 is 4.74 Å². The fourth-order valence-corrected chi connectivity index (χ4v) is 4.75. The zero-order valence-corrected chi connectivity index (χ0v) is 18.5. The SMILES string of the molecule is OCC(O)CCOc1ccc(-c2nc3c4ccccc4c4ccccc4c3[nH]2)c2ccccc12. The second-order valence-electron chi connectivity index (χ2n) is 8.53. The van der Waals surface area contributed by atoms with Crippen LogP contribution in [0.15, 0.2) is 84.9 Å². The lowest BCUT2D eigenvalue weighted by molar-refractivity contribution is 0.0756. The molecule has 1 heterocycles. The molecule has 5 aromatic carbocycles. The number of rotatable bonds is 6. The van der Waals surface area contributed by atoms with Gasteiger partial charge in [-0.3, -0.25) is 0 Å². The van der Waals surface area contributed by atoms with E-state index >= 15 is 0 Å². The Labute approximate surface area is 196 Å². The van der Waals surface area contributed by atoms with Crippen molar-refractivity contribution in [1.29, 1.82) is 0 Å². The van der Waals surface area contributed by atoms with Gasteiger partial charge in [-0.2, -0.15) is 0 Å². The molecule has 1 unspecified atom stereocenters. The third-order valence-corrected chi connectivity index (χ3v) is 6.43. The second-order valence-corrected chi connectivity index (χ2v) is 8.53. The van der Waals surface area contributed by atoms with E-state index in [1.165, 1.54) is 10.8 Å². The number of H-pyrrole nitrogens is 1. The number of aliphatic hydroxyl groups is 2. The van der Waals surface area contributed by atoms with Crippen LogP contribution in [0.5, 0.6) is 5.75 Å². The second kappa shape index (κ2) is 8.45. The summed E-state index contributed by atoms with van der Waals surface area (Å²) in [6, 6.07) is 28.9. The number of hydrogen-bond donors (Lipinski definition) is 3. The Bertz CT molecular complexity index is 1580. The smallest absolute Gasteiger partial charge is 0.139 e. The van der Waals surface area contributed by atoms with Crippen LogP contribution in [0.25, 0.3) is 54.7 Å². The number of aromatic amines is 1. The van der Waals surface area contributed by atoms with E-state index < -0.39 is 6.10 Å². The predicted octanol–water partition coefficient (Wildman–Crippen LogP) is 5.81. The molecular weight excluding hydrogens is 424 g/mol. The Morgan fingerprint density at radius 3 is 2.09 bits per heavy atom. The highest BCUT2D eigenvalue weighted by molar-refractivity contribution is 6.23. The van der Waals surface area contributed by atoms with Gasteiger partial charge in [0, 0.05) is 28.1 Å². The summed E-state index contributed by atoms with van der Waals surface area (Å²) in [5, 5.41) is 25.4. The van der Waals surface area contributed by atoms with Crippen LogP contribution in [0, 0.1) is 0 Å². The zero-order chi connectivity index (χ0) is 23.1. The summed E-state index contributed by atoms with van der Waals surface area (Å²) >= 11 is 0. The molecule has 5 heteroatoms. The van der Waals surface area contributed by atoms with Crippen molar-refractivity contribution in [2.45, 2.75) is 12.5 Å². The quantitative estimate of drug-likeness (QED) is 0.281. The first-order chi connectivity index (χ1) is 16.7. The molecule has 0 amide bonds. The molecule has 3 N–H and O–H groups in total. The standard InChI is InChI=1S/C29H24N2O3/c32-17-18(33)15-16-34-26-14-13-25(21-9-1-4-10-22(21)26)29-30-27-23-11-5-2-7-19(23)20-8-3-6-12-24(20)28(27)31-29/h1-14,18,32-33H,15-17H2,(H,30,31). The van der Waals surface area contributed by atoms with Crippen molar-refractivity contribution in [1.82, 2.24) is 9.97 Å². The van der Waals surface area contributed by atoms with Gasteiger partial charge in [-0.25, -0.2) is 4.98 Å². The highest BCUT2D eigenvalue weighted by Gasteiger charge is 2.16. The minimum absolute atomic E-state index is 0.265. The van der Waals surface area contributed by atoms with Crippen LogP contribution in [-0.4, -0.2) is 39.5 Å². The highest BCUT2D eigenvalue weighted by Crippen LogP contribution is 2.38. The number of hydrogen-bond acceptors (Lipinski definition) is 4. The molecule has 0 saturated carbocycles. The third-order valence-electron chi connectivity index (χ3n) is 6.43. The Morgan fingerprint density at radius 2 is 1.35 bits per heavy atom. The fourth-order valence-electron chi connectivity index (χ4n) is 4.75. The van der Waals surface area contributed by atoms with Gasteiger partial charge in [-0.15, -0.1) is 0 Å². The molecule has 0 saturated heterocycles. The molecule has 34 heavy (non-hydrogen) atoms. The molecule has 0 aliphatic heterocycles. The molecule has 0 spiro atoms. The van der Waals surface area contributed by atoms with Crippen molar-refractivity contribution < 1.29 is 14.9 Å². The van der Waals surface area contributed by atoms with E-state index in [2.05, 4.69) is 59.6 Å². The predicted molar refractivity (Wildman–Crippen MR) is 137 cm³/mol. The number of nitrogens with one attached hydrogen (secondary N) is 1. The lowest BCUT2D eigenvalue weighted by Gasteiger charge is -2.13. The summed E-state index contributed by atoms with van der Waals surface area (Å²) in [6.07, 6.45) is -0.401. The van der Waals surface area contributed by atoms with E-state index in [-0.39, 0.29) is 6.61 Å². The first kappa shape index (κ1) is 20.7. The van der Waals surface area contributed by atoms with E-state index in [4.69, 9.17) is 14.8 Å². The zero-order valence-electron chi connectivity index (χ0n) is 18.5. The normalized spacial score (nSPS) is 12.6. The topological polar surface area (TPSA) is 78.4 Å². The van der Waals surface area contributed by atoms with Gasteiger partial charge in [0.05, 0.1) is 30.4 Å². The van der Waals surface area contributed by atoms with Crippen molar-refractivity contribution in [2.24, 2.45) is 0 Å². The molecule has 1 atom stereocenters. The molecule has 0 aliphatic carbocycles. The molecular formula is C29H24N2O3. The van der Waals surface area contributed by atoms with Gasteiger partial charge in [0.15, 0.2) is 0 Å². The number of benzene rings is 5. The fraction of sp³-hybridized carbons (Fsp3) is 0.138. The van der Waals surface area contributed by atoms with Crippen molar-refractivity contribution in [3.8, 4) is 17.1 Å². The lowest BCUT2D eigenvalue weighted by atomic mass is 10.0. The van der Waals surface area contributed by atoms with Crippen LogP contribution in [0.4, 0.5) is 0 Å². The van der Waals surface area contributed by atoms with Crippen LogP contribution in [-0.2, 0) is 0 Å². The molecule has 0 radical (unpaired) electrons. The molecule has 168 valence electrons. The number of aromatic nitrogens is 2. The number of ether oxygens (including phenoxy) is 1. The molecule has 0 aliphatic rings. The number of aliphatic hydroxyl groups excluding tert-OH is 2. The third kappa shape index (κ3) is 3.37. The van der Waals surface area contributed by atoms with Crippen LogP contribution in [0.3, 0.4) is 0 Å². The molecule has 0 bridgehead atoms. The average Bonchev–Trinajstić information content (AvgIpc) is 3.34. The maximum atomic E-state index is 9.62. The largest absolute Gasteiger partial charge is 0.493 e. The van der Waals surface area contributed by atoms with Crippen LogP contribution >= 0.6 is 0 Å². The minimum atomic E-state index is -0.772. The average molecular weight is 449 g/mol. The molecule has 5 nitrogen and oxygen atoms in total. The van der Waals surface area contributed by atoms with Gasteiger partial charge in [0.2, 0.25) is 0 Å². The van der Waals surface area contributed by atoms with E-state index in [1.54, 1.807) is 0 Å². The van der Waals surface area contributed by atoms with Crippen molar-refractivity contribution in [2.75, 3.05) is 13.2 Å². The Hall–Kier alpha value is -3.93. The van der Waals surface area contributed by atoms with Gasteiger partial charge in [0.25, 0.3) is 0 Å². The van der Waals surface area contributed by atoms with Gasteiger partial charge in [0.1, 0.15) is 11.6 Å². The molecule has 6 aromatic rings. The van der Waals surface area contributed by atoms with E-state index in [1.807, 2.05) is 30.3 Å². The first-order valence-electron chi connectivity index (χ1n) is 11.5.